The highest BCUT2D eigenvalue weighted by Crippen LogP contribution is 2.42. The first-order valence-electron chi connectivity index (χ1n) is 21.0. The highest BCUT2D eigenvalue weighted by molar-refractivity contribution is 6.23. The van der Waals surface area contributed by atoms with Crippen LogP contribution in [0.15, 0.2) is 206 Å². The molecule has 3 aromatic heterocycles. The van der Waals surface area contributed by atoms with E-state index in [0.717, 1.165) is 85.4 Å². The summed E-state index contributed by atoms with van der Waals surface area (Å²) in [6.45, 7) is 0. The van der Waals surface area contributed by atoms with Crippen molar-refractivity contribution in [2.24, 2.45) is 0 Å². The Kier molecular flexibility index (Phi) is 8.27. The minimum atomic E-state index is 0.705. The van der Waals surface area contributed by atoms with E-state index >= 15 is 0 Å². The molecule has 0 fully saturated rings. The molecule has 12 rings (SSSR count). The van der Waals surface area contributed by atoms with Crippen molar-refractivity contribution in [3.05, 3.63) is 217 Å². The lowest BCUT2D eigenvalue weighted by molar-refractivity contribution is 0.942. The summed E-state index contributed by atoms with van der Waals surface area (Å²) in [6, 6.07) is 73.5. The van der Waals surface area contributed by atoms with Gasteiger partial charge in [-0.2, -0.15) is 0 Å². The molecule has 1 aliphatic carbocycles. The number of hydrogen-bond donors (Lipinski definition) is 0. The molecule has 0 spiro atoms. The number of aromatic nitrogens is 4. The van der Waals surface area contributed by atoms with E-state index in [1.54, 1.807) is 0 Å². The molecule has 3 heterocycles. The van der Waals surface area contributed by atoms with Gasteiger partial charge in [0.1, 0.15) is 0 Å². The Bertz CT molecular complexity index is 3440. The number of para-hydroxylation sites is 3. The van der Waals surface area contributed by atoms with Crippen LogP contribution >= 0.6 is 0 Å². The van der Waals surface area contributed by atoms with Crippen LogP contribution in [0.1, 0.15) is 11.1 Å². The third-order valence-electron chi connectivity index (χ3n) is 12.3. The molecule has 11 aromatic rings. The van der Waals surface area contributed by atoms with Crippen LogP contribution in [0.4, 0.5) is 0 Å². The first-order valence-corrected chi connectivity index (χ1v) is 21.0. The predicted molar refractivity (Wildman–Crippen MR) is 252 cm³/mol. The highest BCUT2D eigenvalue weighted by Gasteiger charge is 2.21. The minimum absolute atomic E-state index is 0.705. The van der Waals surface area contributed by atoms with E-state index in [0.29, 0.717) is 5.82 Å². The Morgan fingerprint density at radius 1 is 0.377 bits per heavy atom. The summed E-state index contributed by atoms with van der Waals surface area (Å²) < 4.78 is 2.37. The first kappa shape index (κ1) is 35.0. The lowest BCUT2D eigenvalue weighted by Crippen LogP contribution is -2.04. The minimum Gasteiger partial charge on any atom is -0.307 e. The van der Waals surface area contributed by atoms with Gasteiger partial charge in [0.2, 0.25) is 0 Å². The second-order valence-electron chi connectivity index (χ2n) is 15.9. The Morgan fingerprint density at radius 2 is 0.951 bits per heavy atom. The Balaban J connectivity index is 0.928. The van der Waals surface area contributed by atoms with Gasteiger partial charge in [0.05, 0.1) is 33.6 Å². The third kappa shape index (κ3) is 6.03. The Hall–Kier alpha value is -7.95. The zero-order valence-corrected chi connectivity index (χ0v) is 33.3. The molecule has 1 aliphatic rings. The van der Waals surface area contributed by atoms with Crippen LogP contribution in [0.25, 0.3) is 106 Å². The van der Waals surface area contributed by atoms with Crippen molar-refractivity contribution < 1.29 is 0 Å². The van der Waals surface area contributed by atoms with Gasteiger partial charge in [0.25, 0.3) is 0 Å². The van der Waals surface area contributed by atoms with Crippen LogP contribution in [-0.2, 0) is 12.8 Å². The largest absolute Gasteiger partial charge is 0.307 e. The monoisotopic (exact) mass is 778 g/mol. The van der Waals surface area contributed by atoms with Crippen molar-refractivity contribution >= 4 is 32.7 Å². The second kappa shape index (κ2) is 14.4. The summed E-state index contributed by atoms with van der Waals surface area (Å²) in [5, 5.41) is 3.60. The average Bonchev–Trinajstić information content (AvgIpc) is 3.70. The van der Waals surface area contributed by atoms with E-state index in [4.69, 9.17) is 15.0 Å². The fourth-order valence-electron chi connectivity index (χ4n) is 9.33. The maximum absolute atomic E-state index is 5.36. The summed E-state index contributed by atoms with van der Waals surface area (Å²) in [5.74, 6) is 0.705. The molecule has 0 unspecified atom stereocenters. The van der Waals surface area contributed by atoms with Crippen molar-refractivity contribution in [2.75, 3.05) is 0 Å². The molecule has 0 saturated heterocycles. The van der Waals surface area contributed by atoms with E-state index in [-0.39, 0.29) is 0 Å². The van der Waals surface area contributed by atoms with Crippen molar-refractivity contribution in [3.63, 3.8) is 0 Å². The standard InChI is InChI=1S/C57H38N4/c1-3-14-41(15-4-1)51-36-52(44-34-29-40-28-27-39-13-7-8-18-46(39)49(40)35-44)60-57(59-51)43-32-25-38(26-33-43)37-23-30-42(31-24-37)55-56-54(47-19-9-11-21-50(47)58-55)48-20-10-12-22-53(48)61(56)45-16-5-2-6-17-45/h1-26,29-36H,27-28H2. The molecule has 0 aliphatic heterocycles. The molecule has 0 N–H and O–H groups in total. The molecule has 61 heavy (non-hydrogen) atoms. The van der Waals surface area contributed by atoms with Crippen LogP contribution in [0.5, 0.6) is 0 Å². The number of benzene rings is 8. The van der Waals surface area contributed by atoms with E-state index in [9.17, 15) is 0 Å². The highest BCUT2D eigenvalue weighted by atomic mass is 15.0. The maximum Gasteiger partial charge on any atom is 0.160 e. The summed E-state index contributed by atoms with van der Waals surface area (Å²) >= 11 is 0. The molecule has 0 saturated carbocycles. The topological polar surface area (TPSA) is 43.6 Å². The van der Waals surface area contributed by atoms with Crippen LogP contribution in [0, 0.1) is 0 Å². The van der Waals surface area contributed by atoms with E-state index in [2.05, 4.69) is 205 Å². The lowest BCUT2D eigenvalue weighted by Gasteiger charge is -2.20. The molecular weight excluding hydrogens is 741 g/mol. The number of rotatable bonds is 6. The number of hydrogen-bond acceptors (Lipinski definition) is 3. The third-order valence-corrected chi connectivity index (χ3v) is 12.3. The van der Waals surface area contributed by atoms with Crippen molar-refractivity contribution in [1.82, 2.24) is 19.5 Å². The number of aryl methyl sites for hydroxylation is 2. The molecule has 0 bridgehead atoms. The van der Waals surface area contributed by atoms with Gasteiger partial charge in [-0.1, -0.05) is 170 Å². The summed E-state index contributed by atoms with van der Waals surface area (Å²) in [7, 11) is 0. The van der Waals surface area contributed by atoms with Crippen molar-refractivity contribution in [1.29, 1.82) is 0 Å². The van der Waals surface area contributed by atoms with Gasteiger partial charge in [-0.05, 0) is 82.6 Å². The maximum atomic E-state index is 5.36. The molecule has 4 heteroatoms. The van der Waals surface area contributed by atoms with E-state index in [1.165, 1.54) is 38.5 Å². The number of pyridine rings is 1. The first-order chi connectivity index (χ1) is 30.2. The Morgan fingerprint density at radius 3 is 1.72 bits per heavy atom. The fraction of sp³-hybridized carbons (Fsp3) is 0.0351. The van der Waals surface area contributed by atoms with Gasteiger partial charge in [0.15, 0.2) is 5.82 Å². The van der Waals surface area contributed by atoms with Crippen molar-refractivity contribution in [2.45, 2.75) is 12.8 Å². The van der Waals surface area contributed by atoms with Gasteiger partial charge in [0, 0.05) is 44.1 Å². The summed E-state index contributed by atoms with van der Waals surface area (Å²) in [6.07, 6.45) is 2.13. The second-order valence-corrected chi connectivity index (χ2v) is 15.9. The molecule has 0 amide bonds. The fourth-order valence-corrected chi connectivity index (χ4v) is 9.33. The van der Waals surface area contributed by atoms with Crippen LogP contribution in [-0.4, -0.2) is 19.5 Å². The zero-order chi connectivity index (χ0) is 40.3. The molecule has 0 radical (unpaired) electrons. The summed E-state index contributed by atoms with van der Waals surface area (Å²) in [4.78, 5) is 15.7. The van der Waals surface area contributed by atoms with Gasteiger partial charge < -0.3 is 4.57 Å². The Labute approximate surface area is 354 Å². The SMILES string of the molecule is c1ccc(-c2cc(-c3ccc4c(c3)-c3ccccc3CC4)nc(-c3ccc(-c4ccc(-c5nc6ccccc6c6c7ccccc7n(-c7ccccc7)c56)cc4)cc3)n2)cc1. The average molecular weight is 779 g/mol. The number of fused-ring (bicyclic) bond motifs is 8. The molecule has 286 valence electrons. The van der Waals surface area contributed by atoms with Crippen LogP contribution in [0.3, 0.4) is 0 Å². The van der Waals surface area contributed by atoms with E-state index < -0.39 is 0 Å². The predicted octanol–water partition coefficient (Wildman–Crippen LogP) is 14.2. The van der Waals surface area contributed by atoms with Gasteiger partial charge in [-0.3, -0.25) is 0 Å². The van der Waals surface area contributed by atoms with Gasteiger partial charge in [-0.15, -0.1) is 0 Å². The molecule has 8 aromatic carbocycles. The normalized spacial score (nSPS) is 12.1. The summed E-state index contributed by atoms with van der Waals surface area (Å²) in [5.41, 5.74) is 19.0. The number of nitrogens with zero attached hydrogens (tertiary/aromatic N) is 4. The van der Waals surface area contributed by atoms with Crippen LogP contribution in [0.2, 0.25) is 0 Å². The zero-order valence-electron chi connectivity index (χ0n) is 33.3. The van der Waals surface area contributed by atoms with E-state index in [1.807, 2.05) is 6.07 Å². The smallest absolute Gasteiger partial charge is 0.160 e. The van der Waals surface area contributed by atoms with Crippen molar-refractivity contribution in [3.8, 4) is 73.1 Å². The van der Waals surface area contributed by atoms with Gasteiger partial charge >= 0.3 is 0 Å². The lowest BCUT2D eigenvalue weighted by atomic mass is 9.84. The molecular formula is C57H38N4. The quantitative estimate of drug-likeness (QED) is 0.169. The molecule has 4 nitrogen and oxygen atoms in total. The molecule has 0 atom stereocenters. The van der Waals surface area contributed by atoms with Crippen LogP contribution < -0.4 is 0 Å². The van der Waals surface area contributed by atoms with Gasteiger partial charge in [-0.25, -0.2) is 15.0 Å².